The summed E-state index contributed by atoms with van der Waals surface area (Å²) in [4.78, 5) is 40.8. The van der Waals surface area contributed by atoms with Crippen LogP contribution in [0.3, 0.4) is 0 Å². The number of aromatic nitrogens is 2. The van der Waals surface area contributed by atoms with Gasteiger partial charge < -0.3 is 20.8 Å². The minimum Gasteiger partial charge on any atom is -0.475 e. The topological polar surface area (TPSA) is 147 Å². The number of rotatable bonds is 3. The van der Waals surface area contributed by atoms with Gasteiger partial charge in [0.15, 0.2) is 0 Å². The molecular formula is C30H25F7N4O5. The number of piperidine rings is 1. The maximum absolute atomic E-state index is 14.8. The zero-order valence-corrected chi connectivity index (χ0v) is 23.5. The summed E-state index contributed by atoms with van der Waals surface area (Å²) in [7, 11) is 0. The van der Waals surface area contributed by atoms with E-state index < -0.39 is 30.1 Å². The van der Waals surface area contributed by atoms with Crippen molar-refractivity contribution in [3.63, 3.8) is 0 Å². The number of hydrogen-bond donors (Lipinski definition) is 3. The van der Waals surface area contributed by atoms with Crippen molar-refractivity contribution in [2.45, 2.75) is 31.1 Å². The lowest BCUT2D eigenvalue weighted by atomic mass is 9.88. The number of carbonyl (C=O) groups excluding carboxylic acids is 1. The van der Waals surface area contributed by atoms with E-state index in [1.54, 1.807) is 41.7 Å². The van der Waals surface area contributed by atoms with Gasteiger partial charge in [-0.1, -0.05) is 24.3 Å². The highest BCUT2D eigenvalue weighted by molar-refractivity contribution is 5.95. The molecule has 16 heteroatoms. The number of nitrogen functional groups attached to an aromatic ring is 1. The summed E-state index contributed by atoms with van der Waals surface area (Å²) < 4.78 is 78.3. The Hall–Kier alpha value is -5.28. The molecule has 0 atom stereocenters. The molecule has 0 radical (unpaired) electrons. The van der Waals surface area contributed by atoms with Gasteiger partial charge in [-0.15, -0.1) is 0 Å². The van der Waals surface area contributed by atoms with Crippen LogP contribution in [0, 0.1) is 5.82 Å². The zero-order chi connectivity index (χ0) is 34.2. The molecule has 0 saturated carbocycles. The van der Waals surface area contributed by atoms with E-state index in [0.717, 1.165) is 29.2 Å². The molecule has 1 amide bonds. The number of anilines is 1. The van der Waals surface area contributed by atoms with Crippen LogP contribution in [0.4, 0.5) is 36.6 Å². The number of pyridine rings is 2. The van der Waals surface area contributed by atoms with Crippen molar-refractivity contribution in [3.05, 3.63) is 90.1 Å². The van der Waals surface area contributed by atoms with Crippen molar-refractivity contribution >= 4 is 34.4 Å². The van der Waals surface area contributed by atoms with E-state index in [1.165, 1.54) is 11.6 Å². The van der Waals surface area contributed by atoms with Crippen LogP contribution < -0.4 is 5.73 Å². The average Bonchev–Trinajstić information content (AvgIpc) is 3.01. The van der Waals surface area contributed by atoms with E-state index >= 15 is 0 Å². The molecule has 0 bridgehead atoms. The Kier molecular flexibility index (Phi) is 11.2. The first-order valence-electron chi connectivity index (χ1n) is 13.2. The van der Waals surface area contributed by atoms with E-state index in [1.807, 2.05) is 12.1 Å². The van der Waals surface area contributed by atoms with E-state index in [0.29, 0.717) is 30.4 Å². The predicted molar refractivity (Wildman–Crippen MR) is 151 cm³/mol. The van der Waals surface area contributed by atoms with Crippen molar-refractivity contribution in [3.8, 4) is 11.1 Å². The van der Waals surface area contributed by atoms with Gasteiger partial charge in [0.05, 0.1) is 5.56 Å². The molecule has 0 aliphatic carbocycles. The average molecular weight is 655 g/mol. The lowest BCUT2D eigenvalue weighted by Gasteiger charge is -2.32. The number of nitrogens with zero attached hydrogens (tertiary/aromatic N) is 3. The van der Waals surface area contributed by atoms with Gasteiger partial charge in [0, 0.05) is 42.6 Å². The molecule has 1 saturated heterocycles. The van der Waals surface area contributed by atoms with Crippen LogP contribution in [0.1, 0.15) is 34.7 Å². The van der Waals surface area contributed by atoms with Crippen LogP contribution in [-0.2, 0) is 9.59 Å². The molecule has 3 heterocycles. The second-order valence-corrected chi connectivity index (χ2v) is 9.79. The SMILES string of the molecule is Nc1nccc2ccc(C3CCN(C(=O)c4ccc(-c5cccnc5)cc4F)CC3)cc12.O=C(O)C(F)(F)F.O=C(O)C(F)(F)F. The van der Waals surface area contributed by atoms with Crippen LogP contribution in [0.25, 0.3) is 21.9 Å². The molecular weight excluding hydrogens is 629 g/mol. The number of alkyl halides is 6. The molecule has 2 aromatic carbocycles. The molecule has 4 N–H and O–H groups in total. The molecule has 1 aliphatic rings. The maximum Gasteiger partial charge on any atom is 0.490 e. The summed E-state index contributed by atoms with van der Waals surface area (Å²) in [6, 6.07) is 16.7. The fourth-order valence-electron chi connectivity index (χ4n) is 4.45. The third-order valence-corrected chi connectivity index (χ3v) is 6.75. The Morgan fingerprint density at radius 2 is 1.43 bits per heavy atom. The molecule has 0 spiro atoms. The predicted octanol–water partition coefficient (Wildman–Crippen LogP) is 6.30. The number of nitrogens with two attached hydrogens (primary N) is 1. The molecule has 2 aromatic heterocycles. The minimum absolute atomic E-state index is 0.112. The zero-order valence-electron chi connectivity index (χ0n) is 23.5. The fourth-order valence-corrected chi connectivity index (χ4v) is 4.45. The standard InChI is InChI=1S/C26H23FN4O.2C2HF3O2/c27-24-15-20(21-2-1-10-29-16-21)5-6-22(24)26(32)31-12-8-17(9-13-31)19-4-3-18-7-11-30-25(28)23(18)14-19;2*3-2(4,5)1(6)7/h1-7,10-11,14-17H,8-9,12-13H2,(H2,28,30);2*(H,6,7). The monoisotopic (exact) mass is 654 g/mol. The van der Waals surface area contributed by atoms with E-state index in [2.05, 4.69) is 28.2 Å². The first-order chi connectivity index (χ1) is 21.5. The van der Waals surface area contributed by atoms with Crippen molar-refractivity contribution in [2.24, 2.45) is 0 Å². The molecule has 46 heavy (non-hydrogen) atoms. The number of halogens is 7. The second kappa shape index (κ2) is 14.7. The molecule has 4 aromatic rings. The highest BCUT2D eigenvalue weighted by Gasteiger charge is 2.39. The van der Waals surface area contributed by atoms with Gasteiger partial charge in [-0.05, 0) is 65.6 Å². The van der Waals surface area contributed by atoms with Gasteiger partial charge in [0.1, 0.15) is 11.6 Å². The fraction of sp³-hybridized carbons (Fsp3) is 0.233. The number of hydrogen-bond acceptors (Lipinski definition) is 6. The maximum atomic E-state index is 14.8. The van der Waals surface area contributed by atoms with Gasteiger partial charge in [-0.2, -0.15) is 26.3 Å². The van der Waals surface area contributed by atoms with E-state index in [-0.39, 0.29) is 11.5 Å². The quantitative estimate of drug-likeness (QED) is 0.218. The summed E-state index contributed by atoms with van der Waals surface area (Å²) in [6.45, 7) is 1.18. The number of benzene rings is 2. The van der Waals surface area contributed by atoms with Crippen molar-refractivity contribution < 1.29 is 55.3 Å². The van der Waals surface area contributed by atoms with Crippen molar-refractivity contribution in [1.29, 1.82) is 0 Å². The first kappa shape index (κ1) is 35.2. The molecule has 1 aliphatic heterocycles. The smallest absolute Gasteiger partial charge is 0.475 e. The summed E-state index contributed by atoms with van der Waals surface area (Å²) in [6.07, 6.45) is -3.45. The van der Waals surface area contributed by atoms with Crippen LogP contribution in [-0.4, -0.2) is 68.4 Å². The van der Waals surface area contributed by atoms with Gasteiger partial charge in [-0.25, -0.2) is 19.0 Å². The summed E-state index contributed by atoms with van der Waals surface area (Å²) in [5.41, 5.74) is 8.88. The summed E-state index contributed by atoms with van der Waals surface area (Å²) in [5, 5.41) is 16.3. The second-order valence-electron chi connectivity index (χ2n) is 9.79. The van der Waals surface area contributed by atoms with Gasteiger partial charge in [-0.3, -0.25) is 9.78 Å². The normalized spacial score (nSPS) is 13.6. The molecule has 1 fully saturated rings. The third-order valence-electron chi connectivity index (χ3n) is 6.75. The van der Waals surface area contributed by atoms with E-state index in [9.17, 15) is 35.5 Å². The highest BCUT2D eigenvalue weighted by atomic mass is 19.4. The number of fused-ring (bicyclic) bond motifs is 1. The molecule has 0 unspecified atom stereocenters. The highest BCUT2D eigenvalue weighted by Crippen LogP contribution is 2.32. The summed E-state index contributed by atoms with van der Waals surface area (Å²) >= 11 is 0. The Bertz CT molecular complexity index is 1670. The largest absolute Gasteiger partial charge is 0.490 e. The minimum atomic E-state index is -5.08. The number of carbonyl (C=O) groups is 3. The molecule has 5 rings (SSSR count). The Labute approximate surface area is 256 Å². The number of aliphatic carboxylic acids is 2. The van der Waals surface area contributed by atoms with E-state index in [4.69, 9.17) is 25.5 Å². The van der Waals surface area contributed by atoms with Crippen LogP contribution >= 0.6 is 0 Å². The van der Waals surface area contributed by atoms with Gasteiger partial charge in [0.25, 0.3) is 5.91 Å². The van der Waals surface area contributed by atoms with Crippen LogP contribution in [0.15, 0.2) is 73.2 Å². The van der Waals surface area contributed by atoms with Crippen LogP contribution in [0.2, 0.25) is 0 Å². The third kappa shape index (κ3) is 9.36. The number of amides is 1. The van der Waals surface area contributed by atoms with Gasteiger partial charge >= 0.3 is 24.3 Å². The molecule has 244 valence electrons. The van der Waals surface area contributed by atoms with Crippen molar-refractivity contribution in [2.75, 3.05) is 18.8 Å². The van der Waals surface area contributed by atoms with Crippen molar-refractivity contribution in [1.82, 2.24) is 14.9 Å². The Balaban J connectivity index is 0.000000345. The van der Waals surface area contributed by atoms with Gasteiger partial charge in [0.2, 0.25) is 0 Å². The molecule has 9 nitrogen and oxygen atoms in total. The van der Waals surface area contributed by atoms with Crippen LogP contribution in [0.5, 0.6) is 0 Å². The Morgan fingerprint density at radius 1 is 0.826 bits per heavy atom. The number of likely N-dealkylation sites (tertiary alicyclic amines) is 1. The lowest BCUT2D eigenvalue weighted by molar-refractivity contribution is -0.193. The number of carboxylic acid groups (broad SMARTS) is 2. The summed E-state index contributed by atoms with van der Waals surface area (Å²) in [5.74, 6) is -5.41. The first-order valence-corrected chi connectivity index (χ1v) is 13.2. The lowest BCUT2D eigenvalue weighted by Crippen LogP contribution is -2.38. The number of carboxylic acids is 2. The Morgan fingerprint density at radius 3 is 1.96 bits per heavy atom.